The quantitative estimate of drug-likeness (QED) is 0.367. The van der Waals surface area contributed by atoms with E-state index in [0.29, 0.717) is 30.6 Å². The van der Waals surface area contributed by atoms with Gasteiger partial charge in [-0.3, -0.25) is 0 Å². The van der Waals surface area contributed by atoms with Crippen molar-refractivity contribution in [3.8, 4) is 17.6 Å². The van der Waals surface area contributed by atoms with Gasteiger partial charge in [-0.2, -0.15) is 0 Å². The number of thiazole rings is 1. The highest BCUT2D eigenvalue weighted by molar-refractivity contribution is 7.22. The summed E-state index contributed by atoms with van der Waals surface area (Å²) in [5.74, 6) is 2.93. The topological polar surface area (TPSA) is 62.7 Å². The zero-order valence-electron chi connectivity index (χ0n) is 18.2. The van der Waals surface area contributed by atoms with Crippen LogP contribution in [-0.4, -0.2) is 29.7 Å². The van der Waals surface area contributed by atoms with Crippen LogP contribution in [0, 0.1) is 23.5 Å². The lowest BCUT2D eigenvalue weighted by molar-refractivity contribution is -0.130. The van der Waals surface area contributed by atoms with Crippen LogP contribution in [0.15, 0.2) is 60.7 Å². The van der Waals surface area contributed by atoms with Crippen molar-refractivity contribution < 1.29 is 23.4 Å². The third-order valence-electron chi connectivity index (χ3n) is 5.14. The van der Waals surface area contributed by atoms with E-state index < -0.39 is 11.8 Å². The van der Waals surface area contributed by atoms with Crippen LogP contribution in [0.2, 0.25) is 0 Å². The maximum Gasteiger partial charge on any atom is 0.382 e. The minimum atomic E-state index is -1.18. The Kier molecular flexibility index (Phi) is 7.04. The molecule has 0 aliphatic carbocycles. The molecule has 1 N–H and O–H groups in total. The molecule has 34 heavy (non-hydrogen) atoms. The number of carboxylic acid groups (broad SMARTS) is 1. The number of halogens is 2. The molecule has 0 saturated heterocycles. The molecule has 3 aromatic carbocycles. The van der Waals surface area contributed by atoms with Crippen LogP contribution in [0.5, 0.6) is 5.75 Å². The summed E-state index contributed by atoms with van der Waals surface area (Å²) < 4.78 is 33.7. The van der Waals surface area contributed by atoms with Gasteiger partial charge in [-0.15, -0.1) is 0 Å². The van der Waals surface area contributed by atoms with Crippen molar-refractivity contribution in [1.29, 1.82) is 0 Å². The Morgan fingerprint density at radius 2 is 1.85 bits per heavy atom. The van der Waals surface area contributed by atoms with Gasteiger partial charge in [-0.1, -0.05) is 35.5 Å². The van der Waals surface area contributed by atoms with Gasteiger partial charge in [0.2, 0.25) is 0 Å². The summed E-state index contributed by atoms with van der Waals surface area (Å²) >= 11 is 1.46. The van der Waals surface area contributed by atoms with Gasteiger partial charge in [0.15, 0.2) is 16.7 Å². The van der Waals surface area contributed by atoms with Crippen molar-refractivity contribution in [2.45, 2.75) is 13.0 Å². The maximum atomic E-state index is 14.1. The molecule has 4 rings (SSSR count). The predicted molar refractivity (Wildman–Crippen MR) is 128 cm³/mol. The number of carboxylic acids is 1. The van der Waals surface area contributed by atoms with Gasteiger partial charge < -0.3 is 14.7 Å². The number of aliphatic carboxylic acids is 1. The van der Waals surface area contributed by atoms with Gasteiger partial charge in [0.1, 0.15) is 5.82 Å². The summed E-state index contributed by atoms with van der Waals surface area (Å²) in [5.41, 5.74) is 2.96. The highest BCUT2D eigenvalue weighted by Gasteiger charge is 2.15. The first-order valence-corrected chi connectivity index (χ1v) is 11.2. The minimum absolute atomic E-state index is 0.194. The van der Waals surface area contributed by atoms with Gasteiger partial charge in [-0.05, 0) is 53.9 Å². The number of benzene rings is 3. The molecular formula is C26H20F2N2O3S. The highest BCUT2D eigenvalue weighted by atomic mass is 32.1. The van der Waals surface area contributed by atoms with Gasteiger partial charge in [-0.25, -0.2) is 18.6 Å². The molecule has 0 radical (unpaired) electrons. The second kappa shape index (κ2) is 10.3. The molecule has 1 heterocycles. The number of nitrogens with zero attached hydrogens (tertiary/aromatic N) is 2. The molecule has 0 saturated carbocycles. The molecule has 5 nitrogen and oxygen atoms in total. The molecule has 0 aliphatic rings. The molecule has 0 bridgehead atoms. The molecular weight excluding hydrogens is 458 g/mol. The molecule has 0 fully saturated rings. The monoisotopic (exact) mass is 478 g/mol. The van der Waals surface area contributed by atoms with E-state index in [0.717, 1.165) is 21.0 Å². The average Bonchev–Trinajstić information content (AvgIpc) is 3.24. The van der Waals surface area contributed by atoms with Crippen LogP contribution in [0.25, 0.3) is 10.2 Å². The van der Waals surface area contributed by atoms with E-state index in [2.05, 4.69) is 21.7 Å². The number of fused-ring (bicyclic) bond motifs is 1. The Bertz CT molecular complexity index is 1390. The molecule has 0 spiro atoms. The number of hydrogen-bond donors (Lipinski definition) is 1. The van der Waals surface area contributed by atoms with Gasteiger partial charge in [0.05, 0.1) is 17.3 Å². The van der Waals surface area contributed by atoms with Crippen LogP contribution >= 0.6 is 11.3 Å². The number of ether oxygens (including phenoxy) is 1. The molecule has 0 amide bonds. The van der Waals surface area contributed by atoms with Gasteiger partial charge >= 0.3 is 5.97 Å². The van der Waals surface area contributed by atoms with Crippen molar-refractivity contribution in [2.24, 2.45) is 0 Å². The molecule has 172 valence electrons. The summed E-state index contributed by atoms with van der Waals surface area (Å²) in [4.78, 5) is 17.3. The summed E-state index contributed by atoms with van der Waals surface area (Å²) in [6, 6.07) is 16.7. The Labute approximate surface area is 199 Å². The van der Waals surface area contributed by atoms with Crippen LogP contribution in [0.1, 0.15) is 16.7 Å². The lowest BCUT2D eigenvalue weighted by Gasteiger charge is -2.22. The summed E-state index contributed by atoms with van der Waals surface area (Å²) in [7, 11) is 1.42. The third-order valence-corrected chi connectivity index (χ3v) is 6.23. The van der Waals surface area contributed by atoms with E-state index in [9.17, 15) is 13.6 Å². The number of carbonyl (C=O) groups is 1. The highest BCUT2D eigenvalue weighted by Crippen LogP contribution is 2.30. The van der Waals surface area contributed by atoms with Crippen molar-refractivity contribution in [3.63, 3.8) is 0 Å². The van der Waals surface area contributed by atoms with E-state index >= 15 is 0 Å². The smallest absolute Gasteiger partial charge is 0.382 e. The fourth-order valence-corrected chi connectivity index (χ4v) is 4.41. The number of rotatable bonds is 7. The summed E-state index contributed by atoms with van der Waals surface area (Å²) in [6.07, 6.45) is 0.563. The molecule has 0 aliphatic heterocycles. The van der Waals surface area contributed by atoms with E-state index in [1.807, 2.05) is 18.2 Å². The first-order valence-electron chi connectivity index (χ1n) is 10.4. The maximum absolute atomic E-state index is 14.1. The summed E-state index contributed by atoms with van der Waals surface area (Å²) in [6.45, 7) is 1.06. The van der Waals surface area contributed by atoms with Crippen LogP contribution in [0.4, 0.5) is 13.9 Å². The first-order chi connectivity index (χ1) is 16.4. The predicted octanol–water partition coefficient (Wildman–Crippen LogP) is 5.27. The van der Waals surface area contributed by atoms with Crippen molar-refractivity contribution >= 4 is 32.7 Å². The number of anilines is 1. The Morgan fingerprint density at radius 1 is 1.09 bits per heavy atom. The van der Waals surface area contributed by atoms with Gasteiger partial charge in [0, 0.05) is 30.6 Å². The molecule has 0 unspecified atom stereocenters. The minimum Gasteiger partial charge on any atom is -0.494 e. The molecule has 4 aromatic rings. The van der Waals surface area contributed by atoms with Crippen LogP contribution < -0.4 is 9.64 Å². The van der Waals surface area contributed by atoms with E-state index in [1.54, 1.807) is 24.3 Å². The van der Waals surface area contributed by atoms with Crippen molar-refractivity contribution in [3.05, 3.63) is 89.0 Å². The average molecular weight is 479 g/mol. The van der Waals surface area contributed by atoms with Crippen LogP contribution in [-0.2, 0) is 17.8 Å². The number of aromatic nitrogens is 1. The number of methoxy groups -OCH3 is 1. The number of hydrogen-bond acceptors (Lipinski definition) is 5. The standard InChI is InChI=1S/C26H20F2N2O3S/c1-33-23-9-6-18(14-21(23)28)12-13-30(26-29-22-15-20(27)8-10-24(22)34-26)16-19-4-2-17(3-5-19)7-11-25(31)32/h2-6,8-10,14-15H,12-13,16H2,1H3,(H,31,32). The van der Waals surface area contributed by atoms with E-state index in [-0.39, 0.29) is 11.6 Å². The lowest BCUT2D eigenvalue weighted by Crippen LogP contribution is -2.25. The summed E-state index contributed by atoms with van der Waals surface area (Å²) in [5, 5.41) is 9.44. The Morgan fingerprint density at radius 3 is 2.56 bits per heavy atom. The normalized spacial score (nSPS) is 10.6. The lowest BCUT2D eigenvalue weighted by atomic mass is 10.1. The molecule has 0 atom stereocenters. The Hall–Kier alpha value is -3.96. The second-order valence-electron chi connectivity index (χ2n) is 7.50. The zero-order valence-corrected chi connectivity index (χ0v) is 19.0. The van der Waals surface area contributed by atoms with Crippen molar-refractivity contribution in [2.75, 3.05) is 18.6 Å². The van der Waals surface area contributed by atoms with E-state index in [1.165, 1.54) is 36.6 Å². The fraction of sp³-hybridized carbons (Fsp3) is 0.154. The SMILES string of the molecule is COc1ccc(CCN(Cc2ccc(C#CC(=O)O)cc2)c2nc3cc(F)ccc3s2)cc1F. The third kappa shape index (κ3) is 5.69. The first kappa shape index (κ1) is 23.2. The van der Waals surface area contributed by atoms with E-state index in [4.69, 9.17) is 9.84 Å². The largest absolute Gasteiger partial charge is 0.494 e. The molecule has 8 heteroatoms. The fourth-order valence-electron chi connectivity index (χ4n) is 3.43. The Balaban J connectivity index is 1.58. The van der Waals surface area contributed by atoms with Crippen molar-refractivity contribution in [1.82, 2.24) is 4.98 Å². The zero-order chi connectivity index (χ0) is 24.1. The van der Waals surface area contributed by atoms with Gasteiger partial charge in [0.25, 0.3) is 0 Å². The van der Waals surface area contributed by atoms with Crippen LogP contribution in [0.3, 0.4) is 0 Å². The second-order valence-corrected chi connectivity index (χ2v) is 8.51. The molecule has 1 aromatic heterocycles.